The third-order valence-electron chi connectivity index (χ3n) is 5.99. The maximum absolute atomic E-state index is 13.8. The molecule has 0 unspecified atom stereocenters. The van der Waals surface area contributed by atoms with Gasteiger partial charge in [0.25, 0.3) is 0 Å². The number of hydrogen-bond acceptors (Lipinski definition) is 6. The summed E-state index contributed by atoms with van der Waals surface area (Å²) < 4.78 is 48.8. The van der Waals surface area contributed by atoms with Crippen LogP contribution in [0.2, 0.25) is 25.7 Å². The zero-order valence-corrected chi connectivity index (χ0v) is 23.8. The lowest BCUT2D eigenvalue weighted by Crippen LogP contribution is -2.22. The van der Waals surface area contributed by atoms with Crippen molar-refractivity contribution in [2.75, 3.05) is 11.9 Å². The van der Waals surface area contributed by atoms with Gasteiger partial charge < -0.3 is 15.2 Å². The lowest BCUT2D eigenvalue weighted by Gasteiger charge is -2.15. The van der Waals surface area contributed by atoms with Gasteiger partial charge in [-0.25, -0.2) is 19.4 Å². The van der Waals surface area contributed by atoms with E-state index in [1.54, 1.807) is 59.4 Å². The Balaban J connectivity index is 1.51. The van der Waals surface area contributed by atoms with Gasteiger partial charge in [0.2, 0.25) is 0 Å². The highest BCUT2D eigenvalue weighted by molar-refractivity contribution is 6.76. The third kappa shape index (κ3) is 8.59. The number of carboxylic acid groups (broad SMARTS) is 1. The third-order valence-corrected chi connectivity index (χ3v) is 7.70. The van der Waals surface area contributed by atoms with Crippen LogP contribution in [0, 0.1) is 0 Å². The van der Waals surface area contributed by atoms with E-state index in [0.29, 0.717) is 30.2 Å². The van der Waals surface area contributed by atoms with Crippen LogP contribution in [0.15, 0.2) is 73.2 Å². The molecule has 12 heteroatoms. The van der Waals surface area contributed by atoms with E-state index in [-0.39, 0.29) is 5.82 Å². The second-order valence-electron chi connectivity index (χ2n) is 10.6. The van der Waals surface area contributed by atoms with Crippen molar-refractivity contribution in [3.8, 4) is 22.5 Å². The molecule has 0 saturated heterocycles. The number of carbonyl (C=O) groups is 1. The summed E-state index contributed by atoms with van der Waals surface area (Å²) in [5.41, 5.74) is 2.06. The van der Waals surface area contributed by atoms with E-state index in [1.165, 1.54) is 6.08 Å². The normalized spacial score (nSPS) is 12.1. The molecule has 2 aromatic heterocycles. The standard InChI is InChI=1S/C29H30F3N5O3Si/c1-41(2,3)14-13-40-19-37-18-23(16-34-37)21-8-10-24(11-9-21)35-28-25(29(30,31)32)17-33-27(36-28)22-6-4-5-20(15-22)7-12-26(38)39/h4-12,15-18H,13-14,19H2,1-3H3,(H,38,39)(H,33,35,36)/b12-7+. The van der Waals surface area contributed by atoms with Crippen LogP contribution in [0.1, 0.15) is 11.1 Å². The molecule has 4 aromatic rings. The first kappa shape index (κ1) is 29.7. The average molecular weight is 582 g/mol. The van der Waals surface area contributed by atoms with Crippen molar-refractivity contribution >= 4 is 31.6 Å². The predicted octanol–water partition coefficient (Wildman–Crippen LogP) is 7.18. The lowest BCUT2D eigenvalue weighted by molar-refractivity contribution is -0.137. The Hall–Kier alpha value is -4.29. The molecule has 4 rings (SSSR count). The summed E-state index contributed by atoms with van der Waals surface area (Å²) in [6.07, 6.45) is 1.97. The Morgan fingerprint density at radius 3 is 2.51 bits per heavy atom. The largest absolute Gasteiger partial charge is 0.478 e. The molecule has 0 saturated carbocycles. The van der Waals surface area contributed by atoms with Crippen LogP contribution in [0.5, 0.6) is 0 Å². The van der Waals surface area contributed by atoms with Crippen LogP contribution >= 0.6 is 0 Å². The van der Waals surface area contributed by atoms with Crippen molar-refractivity contribution in [2.45, 2.75) is 38.6 Å². The fraction of sp³-hybridized carbons (Fsp3) is 0.241. The minimum absolute atomic E-state index is 0.0576. The van der Waals surface area contributed by atoms with Gasteiger partial charge in [0, 0.05) is 50.0 Å². The van der Waals surface area contributed by atoms with Crippen molar-refractivity contribution in [3.63, 3.8) is 0 Å². The van der Waals surface area contributed by atoms with Gasteiger partial charge in [0.15, 0.2) is 5.82 Å². The molecule has 0 aliphatic carbocycles. The molecular weight excluding hydrogens is 551 g/mol. The summed E-state index contributed by atoms with van der Waals surface area (Å²) in [5, 5.41) is 16.0. The maximum Gasteiger partial charge on any atom is 0.421 e. The molecule has 0 spiro atoms. The number of hydrogen-bond donors (Lipinski definition) is 2. The van der Waals surface area contributed by atoms with E-state index in [9.17, 15) is 18.0 Å². The molecule has 0 aliphatic rings. The smallest absolute Gasteiger partial charge is 0.421 e. The highest BCUT2D eigenvalue weighted by atomic mass is 28.3. The minimum atomic E-state index is -4.68. The number of carboxylic acids is 1. The summed E-state index contributed by atoms with van der Waals surface area (Å²) in [6, 6.07) is 14.5. The van der Waals surface area contributed by atoms with E-state index >= 15 is 0 Å². The molecule has 0 bridgehead atoms. The van der Waals surface area contributed by atoms with Gasteiger partial charge in [-0.15, -0.1) is 0 Å². The van der Waals surface area contributed by atoms with Gasteiger partial charge in [0.1, 0.15) is 18.1 Å². The second kappa shape index (κ2) is 12.5. The molecule has 0 atom stereocenters. The second-order valence-corrected chi connectivity index (χ2v) is 16.2. The molecule has 2 N–H and O–H groups in total. The van der Waals surface area contributed by atoms with E-state index in [4.69, 9.17) is 9.84 Å². The summed E-state index contributed by atoms with van der Waals surface area (Å²) in [6.45, 7) is 7.90. The number of ether oxygens (including phenoxy) is 1. The molecule has 0 aliphatic heterocycles. The number of aromatic nitrogens is 4. The first-order valence-corrected chi connectivity index (χ1v) is 16.5. The van der Waals surface area contributed by atoms with Crippen molar-refractivity contribution in [3.05, 3.63) is 84.3 Å². The lowest BCUT2D eigenvalue weighted by atomic mass is 10.1. The molecule has 0 fully saturated rings. The number of halogens is 3. The van der Waals surface area contributed by atoms with Crippen molar-refractivity contribution < 1.29 is 27.8 Å². The molecule has 2 heterocycles. The van der Waals surface area contributed by atoms with Crippen LogP contribution < -0.4 is 5.32 Å². The highest BCUT2D eigenvalue weighted by Gasteiger charge is 2.35. The van der Waals surface area contributed by atoms with E-state index in [1.807, 2.05) is 6.20 Å². The van der Waals surface area contributed by atoms with E-state index in [2.05, 4.69) is 40.0 Å². The number of aliphatic carboxylic acids is 1. The quantitative estimate of drug-likeness (QED) is 0.110. The Kier molecular flexibility index (Phi) is 9.04. The number of alkyl halides is 3. The van der Waals surface area contributed by atoms with E-state index < -0.39 is 31.6 Å². The summed E-state index contributed by atoms with van der Waals surface area (Å²) in [5.74, 6) is -1.46. The molecule has 214 valence electrons. The topological polar surface area (TPSA) is 102 Å². The monoisotopic (exact) mass is 581 g/mol. The van der Waals surface area contributed by atoms with Crippen LogP contribution in [0.4, 0.5) is 24.7 Å². The Morgan fingerprint density at radius 1 is 1.07 bits per heavy atom. The number of benzene rings is 2. The van der Waals surface area contributed by atoms with Crippen molar-refractivity contribution in [1.29, 1.82) is 0 Å². The summed E-state index contributed by atoms with van der Waals surface area (Å²) >= 11 is 0. The average Bonchev–Trinajstić information content (AvgIpc) is 3.38. The van der Waals surface area contributed by atoms with Crippen LogP contribution in [-0.4, -0.2) is 45.5 Å². The van der Waals surface area contributed by atoms with Crippen LogP contribution in [0.3, 0.4) is 0 Å². The number of anilines is 2. The zero-order chi connectivity index (χ0) is 29.6. The molecule has 8 nitrogen and oxygen atoms in total. The Labute approximate surface area is 236 Å². The first-order chi connectivity index (χ1) is 19.4. The summed E-state index contributed by atoms with van der Waals surface area (Å²) in [4.78, 5) is 18.9. The van der Waals surface area contributed by atoms with Crippen LogP contribution in [-0.2, 0) is 22.4 Å². The zero-order valence-electron chi connectivity index (χ0n) is 22.8. The predicted molar refractivity (Wildman–Crippen MR) is 154 cm³/mol. The maximum atomic E-state index is 13.8. The van der Waals surface area contributed by atoms with Gasteiger partial charge in [-0.2, -0.15) is 18.3 Å². The molecule has 2 aromatic carbocycles. The van der Waals surface area contributed by atoms with E-state index in [0.717, 1.165) is 29.4 Å². The highest BCUT2D eigenvalue weighted by Crippen LogP contribution is 2.36. The minimum Gasteiger partial charge on any atom is -0.478 e. The van der Waals surface area contributed by atoms with Crippen molar-refractivity contribution in [2.24, 2.45) is 0 Å². The number of rotatable bonds is 11. The molecule has 41 heavy (non-hydrogen) atoms. The Bertz CT molecular complexity index is 1530. The number of nitrogens with one attached hydrogen (secondary N) is 1. The van der Waals surface area contributed by atoms with Gasteiger partial charge in [-0.05, 0) is 41.4 Å². The summed E-state index contributed by atoms with van der Waals surface area (Å²) in [7, 11) is -1.17. The molecular formula is C29H30F3N5O3Si. The first-order valence-electron chi connectivity index (χ1n) is 12.8. The van der Waals surface area contributed by atoms with Crippen molar-refractivity contribution in [1.82, 2.24) is 19.7 Å². The molecule has 0 amide bonds. The van der Waals surface area contributed by atoms with Gasteiger partial charge in [-0.3, -0.25) is 0 Å². The fourth-order valence-electron chi connectivity index (χ4n) is 3.78. The van der Waals surface area contributed by atoms with Gasteiger partial charge >= 0.3 is 12.1 Å². The Morgan fingerprint density at radius 2 is 1.83 bits per heavy atom. The molecule has 0 radical (unpaired) electrons. The van der Waals surface area contributed by atoms with Gasteiger partial charge in [0.05, 0.1) is 6.20 Å². The SMILES string of the molecule is C[Si](C)(C)CCOCn1cc(-c2ccc(Nc3nc(-c4cccc(/C=C/C(=O)O)c4)ncc3C(F)(F)F)cc2)cn1. The van der Waals surface area contributed by atoms with Gasteiger partial charge in [-0.1, -0.05) is 50.0 Å². The van der Waals surface area contributed by atoms with Crippen LogP contribution in [0.25, 0.3) is 28.6 Å². The fourth-order valence-corrected chi connectivity index (χ4v) is 4.53. The number of nitrogens with zero attached hydrogens (tertiary/aromatic N) is 4.